The molecule has 1 atom stereocenters. The molecule has 1 N–H and O–H groups in total. The summed E-state index contributed by atoms with van der Waals surface area (Å²) in [5.74, 6) is 0.541. The number of nitrogens with zero attached hydrogens (tertiary/aromatic N) is 1. The SMILES string of the molecule is [O-][NH+]1C=Cc2c(Br)ccnc21. The van der Waals surface area contributed by atoms with Crippen LogP contribution in [0.25, 0.3) is 6.08 Å². The van der Waals surface area contributed by atoms with Gasteiger partial charge in [0, 0.05) is 16.7 Å². The van der Waals surface area contributed by atoms with E-state index in [2.05, 4.69) is 20.9 Å². The van der Waals surface area contributed by atoms with Crippen LogP contribution in [0.2, 0.25) is 0 Å². The molecular formula is C7H5BrN2O. The zero-order valence-corrected chi connectivity index (χ0v) is 7.13. The summed E-state index contributed by atoms with van der Waals surface area (Å²) in [6.07, 6.45) is 4.92. The molecule has 0 spiro atoms. The zero-order valence-electron chi connectivity index (χ0n) is 5.54. The highest BCUT2D eigenvalue weighted by atomic mass is 79.9. The maximum absolute atomic E-state index is 11.0. The van der Waals surface area contributed by atoms with Gasteiger partial charge in [0.15, 0.2) is 0 Å². The summed E-state index contributed by atoms with van der Waals surface area (Å²) < 4.78 is 0.921. The maximum atomic E-state index is 11.0. The predicted molar refractivity (Wildman–Crippen MR) is 45.0 cm³/mol. The van der Waals surface area contributed by atoms with Gasteiger partial charge in [-0.3, -0.25) is 5.06 Å². The van der Waals surface area contributed by atoms with Crippen molar-refractivity contribution in [1.29, 1.82) is 0 Å². The van der Waals surface area contributed by atoms with Crippen molar-refractivity contribution in [3.05, 3.63) is 33.7 Å². The number of quaternary nitrogens is 1. The molecule has 4 heteroatoms. The van der Waals surface area contributed by atoms with Crippen molar-refractivity contribution < 1.29 is 5.06 Å². The molecule has 0 bridgehead atoms. The second kappa shape index (κ2) is 2.41. The standard InChI is InChI=1S/C7H5BrN2O/c8-6-1-3-9-7-5(6)2-4-10(7)11/h1-4,10H. The van der Waals surface area contributed by atoms with E-state index in [0.29, 0.717) is 5.82 Å². The molecule has 1 aromatic rings. The Bertz CT molecular complexity index is 324. The first-order valence-electron chi connectivity index (χ1n) is 3.16. The lowest BCUT2D eigenvalue weighted by molar-refractivity contribution is -0.713. The lowest BCUT2D eigenvalue weighted by atomic mass is 10.3. The second-order valence-corrected chi connectivity index (χ2v) is 3.11. The number of hydroxylamine groups is 1. The number of hydrogen-bond donors (Lipinski definition) is 1. The van der Waals surface area contributed by atoms with Crippen molar-refractivity contribution in [3.8, 4) is 0 Å². The third kappa shape index (κ3) is 0.994. The van der Waals surface area contributed by atoms with Crippen molar-refractivity contribution >= 4 is 27.8 Å². The van der Waals surface area contributed by atoms with E-state index in [1.807, 2.05) is 6.07 Å². The van der Waals surface area contributed by atoms with Gasteiger partial charge in [-0.15, -0.1) is 0 Å². The van der Waals surface area contributed by atoms with Gasteiger partial charge in [0.1, 0.15) is 6.20 Å². The Balaban J connectivity index is 2.65. The molecule has 2 rings (SSSR count). The van der Waals surface area contributed by atoms with Crippen LogP contribution in [-0.2, 0) is 0 Å². The van der Waals surface area contributed by atoms with Crippen LogP contribution in [-0.4, -0.2) is 4.98 Å². The van der Waals surface area contributed by atoms with Crippen molar-refractivity contribution in [2.75, 3.05) is 0 Å². The molecule has 2 heterocycles. The fourth-order valence-corrected chi connectivity index (χ4v) is 1.48. The van der Waals surface area contributed by atoms with Gasteiger partial charge in [0.2, 0.25) is 5.82 Å². The topological polar surface area (TPSA) is 40.4 Å². The normalized spacial score (nSPS) is 20.4. The van der Waals surface area contributed by atoms with E-state index in [1.54, 1.807) is 12.3 Å². The zero-order chi connectivity index (χ0) is 7.84. The monoisotopic (exact) mass is 212 g/mol. The van der Waals surface area contributed by atoms with Gasteiger partial charge in [-0.05, 0) is 22.0 Å². The number of hydrogen-bond acceptors (Lipinski definition) is 2. The summed E-state index contributed by atoms with van der Waals surface area (Å²) in [5, 5.41) is 11.0. The lowest BCUT2D eigenvalue weighted by Crippen LogP contribution is -2.96. The Labute approximate surface area is 72.1 Å². The molecule has 0 amide bonds. The Morgan fingerprint density at radius 3 is 3.09 bits per heavy atom. The number of rotatable bonds is 0. The molecule has 0 aromatic carbocycles. The van der Waals surface area contributed by atoms with Crippen molar-refractivity contribution in [1.82, 2.24) is 4.98 Å². The minimum atomic E-state index is -0.0127. The van der Waals surface area contributed by atoms with E-state index in [1.165, 1.54) is 6.20 Å². The minimum Gasteiger partial charge on any atom is -0.623 e. The summed E-state index contributed by atoms with van der Waals surface area (Å²) in [6, 6.07) is 1.82. The Morgan fingerprint density at radius 1 is 1.55 bits per heavy atom. The summed E-state index contributed by atoms with van der Waals surface area (Å²) in [4.78, 5) is 3.96. The van der Waals surface area contributed by atoms with E-state index < -0.39 is 0 Å². The summed E-state index contributed by atoms with van der Waals surface area (Å²) >= 11 is 3.33. The highest BCUT2D eigenvalue weighted by Crippen LogP contribution is 2.23. The second-order valence-electron chi connectivity index (χ2n) is 2.25. The molecule has 3 nitrogen and oxygen atoms in total. The first-order valence-corrected chi connectivity index (χ1v) is 3.95. The fraction of sp³-hybridized carbons (Fsp3) is 0. The fourth-order valence-electron chi connectivity index (χ4n) is 1.04. The van der Waals surface area contributed by atoms with E-state index in [-0.39, 0.29) is 5.06 Å². The van der Waals surface area contributed by atoms with Crippen LogP contribution >= 0.6 is 15.9 Å². The number of nitrogens with one attached hydrogen (secondary N) is 1. The minimum absolute atomic E-state index is 0.0127. The summed E-state index contributed by atoms with van der Waals surface area (Å²) in [6.45, 7) is 0. The molecule has 0 fully saturated rings. The van der Waals surface area contributed by atoms with Crippen LogP contribution in [0, 0.1) is 5.21 Å². The molecule has 1 aliphatic heterocycles. The van der Waals surface area contributed by atoms with Crippen LogP contribution < -0.4 is 5.06 Å². The van der Waals surface area contributed by atoms with Crippen LogP contribution in [0.3, 0.4) is 0 Å². The molecule has 1 aromatic heterocycles. The molecule has 0 saturated carbocycles. The summed E-state index contributed by atoms with van der Waals surface area (Å²) in [7, 11) is 0. The molecule has 0 saturated heterocycles. The van der Waals surface area contributed by atoms with Crippen molar-refractivity contribution in [2.24, 2.45) is 0 Å². The van der Waals surface area contributed by atoms with Crippen LogP contribution in [0.15, 0.2) is 22.9 Å². The largest absolute Gasteiger partial charge is 0.623 e. The van der Waals surface area contributed by atoms with Gasteiger partial charge in [-0.2, -0.15) is 0 Å². The van der Waals surface area contributed by atoms with Crippen LogP contribution in [0.4, 0.5) is 5.82 Å². The molecular weight excluding hydrogens is 208 g/mol. The quantitative estimate of drug-likeness (QED) is 0.648. The first kappa shape index (κ1) is 6.97. The number of pyridine rings is 1. The molecule has 1 unspecified atom stereocenters. The lowest BCUT2D eigenvalue weighted by Gasteiger charge is -2.11. The molecule has 0 radical (unpaired) electrons. The molecule has 56 valence electrons. The van der Waals surface area contributed by atoms with E-state index >= 15 is 0 Å². The van der Waals surface area contributed by atoms with Gasteiger partial charge < -0.3 is 5.21 Å². The maximum Gasteiger partial charge on any atom is 0.239 e. The molecule has 1 aliphatic rings. The van der Waals surface area contributed by atoms with Gasteiger partial charge in [-0.25, -0.2) is 4.98 Å². The van der Waals surface area contributed by atoms with Gasteiger partial charge in [0.05, 0.1) is 5.56 Å². The highest BCUT2D eigenvalue weighted by molar-refractivity contribution is 9.10. The number of aromatic nitrogens is 1. The first-order chi connectivity index (χ1) is 5.29. The van der Waals surface area contributed by atoms with Gasteiger partial charge in [0.25, 0.3) is 0 Å². The van der Waals surface area contributed by atoms with E-state index in [0.717, 1.165) is 10.0 Å². The Hall–Kier alpha value is -0.710. The summed E-state index contributed by atoms with van der Waals surface area (Å²) in [5.41, 5.74) is 0.887. The van der Waals surface area contributed by atoms with Crippen molar-refractivity contribution in [3.63, 3.8) is 0 Å². The Morgan fingerprint density at radius 2 is 2.36 bits per heavy atom. The van der Waals surface area contributed by atoms with Crippen molar-refractivity contribution in [2.45, 2.75) is 0 Å². The van der Waals surface area contributed by atoms with E-state index in [9.17, 15) is 5.21 Å². The van der Waals surface area contributed by atoms with Gasteiger partial charge in [-0.1, -0.05) is 0 Å². The Kier molecular flexibility index (Phi) is 1.52. The highest BCUT2D eigenvalue weighted by Gasteiger charge is 2.16. The number of halogens is 1. The van der Waals surface area contributed by atoms with Crippen LogP contribution in [0.1, 0.15) is 5.56 Å². The predicted octanol–water partition coefficient (Wildman–Crippen LogP) is 0.843. The average molecular weight is 213 g/mol. The van der Waals surface area contributed by atoms with E-state index in [4.69, 9.17) is 0 Å². The smallest absolute Gasteiger partial charge is 0.239 e. The molecule has 0 aliphatic carbocycles. The van der Waals surface area contributed by atoms with Crippen LogP contribution in [0.5, 0.6) is 0 Å². The number of fused-ring (bicyclic) bond motifs is 1. The average Bonchev–Trinajstić information content (AvgIpc) is 2.35. The third-order valence-electron chi connectivity index (χ3n) is 1.57. The third-order valence-corrected chi connectivity index (χ3v) is 2.26. The van der Waals surface area contributed by atoms with Gasteiger partial charge >= 0.3 is 0 Å². The molecule has 11 heavy (non-hydrogen) atoms.